The fraction of sp³-hybridized carbons (Fsp3) is 0.562. The van der Waals surface area contributed by atoms with Crippen LogP contribution in [-0.2, 0) is 13.5 Å². The smallest absolute Gasteiger partial charge is 0.176 e. The Morgan fingerprint density at radius 1 is 1.33 bits per heavy atom. The fourth-order valence-electron chi connectivity index (χ4n) is 3.05. The summed E-state index contributed by atoms with van der Waals surface area (Å²) in [6, 6.07) is 11.3. The minimum absolute atomic E-state index is 0.444. The average molecular weight is 285 g/mol. The summed E-state index contributed by atoms with van der Waals surface area (Å²) >= 11 is 0. The van der Waals surface area contributed by atoms with Crippen LogP contribution in [0.15, 0.2) is 30.3 Å². The zero-order valence-corrected chi connectivity index (χ0v) is 12.7. The van der Waals surface area contributed by atoms with Crippen LogP contribution in [0, 0.1) is 5.92 Å². The zero-order chi connectivity index (χ0) is 14.7. The van der Waals surface area contributed by atoms with Crippen LogP contribution in [-0.4, -0.2) is 32.8 Å². The maximum Gasteiger partial charge on any atom is 0.176 e. The van der Waals surface area contributed by atoms with Crippen LogP contribution in [0.4, 0.5) is 0 Å². The Labute approximate surface area is 125 Å². The van der Waals surface area contributed by atoms with E-state index in [9.17, 15) is 0 Å². The van der Waals surface area contributed by atoms with Gasteiger partial charge in [0.25, 0.3) is 0 Å². The lowest BCUT2D eigenvalue weighted by Gasteiger charge is -2.17. The molecule has 1 aliphatic rings. The normalized spacial score (nSPS) is 22.2. The van der Waals surface area contributed by atoms with Crippen LogP contribution in [0.5, 0.6) is 0 Å². The third-order valence-electron chi connectivity index (χ3n) is 4.19. The van der Waals surface area contributed by atoms with E-state index in [0.29, 0.717) is 17.9 Å². The molecule has 1 N–H and O–H groups in total. The largest absolute Gasteiger partial charge is 0.313 e. The average Bonchev–Trinajstić information content (AvgIpc) is 3.21. The predicted molar refractivity (Wildman–Crippen MR) is 81.9 cm³/mol. The SMILES string of the molecule is CCCNC(Cc1nnn(C)n1)C1CC1c1ccccc1. The van der Waals surface area contributed by atoms with Crippen molar-refractivity contribution in [3.8, 4) is 0 Å². The van der Waals surface area contributed by atoms with E-state index in [0.717, 1.165) is 25.2 Å². The summed E-state index contributed by atoms with van der Waals surface area (Å²) in [6.07, 6.45) is 3.26. The number of nitrogens with zero attached hydrogens (tertiary/aromatic N) is 4. The molecule has 5 nitrogen and oxygen atoms in total. The molecule has 1 heterocycles. The highest BCUT2D eigenvalue weighted by Gasteiger charge is 2.43. The van der Waals surface area contributed by atoms with E-state index in [1.165, 1.54) is 16.8 Å². The number of tetrazole rings is 1. The van der Waals surface area contributed by atoms with Crippen molar-refractivity contribution in [2.45, 2.75) is 38.1 Å². The van der Waals surface area contributed by atoms with E-state index in [2.05, 4.69) is 58.0 Å². The molecule has 1 aromatic carbocycles. The number of nitrogens with one attached hydrogen (secondary N) is 1. The monoisotopic (exact) mass is 285 g/mol. The number of rotatable bonds is 7. The molecule has 0 saturated heterocycles. The Bertz CT molecular complexity index is 565. The molecule has 0 radical (unpaired) electrons. The summed E-state index contributed by atoms with van der Waals surface area (Å²) in [6.45, 7) is 3.25. The van der Waals surface area contributed by atoms with Crippen molar-refractivity contribution in [1.82, 2.24) is 25.5 Å². The second-order valence-electron chi connectivity index (χ2n) is 5.88. The Morgan fingerprint density at radius 2 is 2.14 bits per heavy atom. The second kappa shape index (κ2) is 6.35. The number of hydrogen-bond donors (Lipinski definition) is 1. The lowest BCUT2D eigenvalue weighted by molar-refractivity contribution is 0.444. The quantitative estimate of drug-likeness (QED) is 0.844. The first-order valence-electron chi connectivity index (χ1n) is 7.79. The number of aryl methyl sites for hydroxylation is 1. The van der Waals surface area contributed by atoms with Crippen molar-refractivity contribution in [1.29, 1.82) is 0 Å². The third-order valence-corrected chi connectivity index (χ3v) is 4.19. The first-order valence-corrected chi connectivity index (χ1v) is 7.79. The van der Waals surface area contributed by atoms with Crippen molar-refractivity contribution < 1.29 is 0 Å². The van der Waals surface area contributed by atoms with Gasteiger partial charge in [0.2, 0.25) is 0 Å². The van der Waals surface area contributed by atoms with Crippen molar-refractivity contribution in [3.05, 3.63) is 41.7 Å². The molecule has 3 unspecified atom stereocenters. The Balaban J connectivity index is 1.66. The molecule has 0 spiro atoms. The van der Waals surface area contributed by atoms with Gasteiger partial charge in [-0.25, -0.2) is 0 Å². The Hall–Kier alpha value is -1.75. The molecule has 1 aliphatic carbocycles. The van der Waals surface area contributed by atoms with E-state index in [-0.39, 0.29) is 0 Å². The summed E-state index contributed by atoms with van der Waals surface area (Å²) in [7, 11) is 1.81. The first-order chi connectivity index (χ1) is 10.3. The maximum atomic E-state index is 4.32. The van der Waals surface area contributed by atoms with Crippen molar-refractivity contribution in [2.24, 2.45) is 13.0 Å². The molecule has 5 heteroatoms. The van der Waals surface area contributed by atoms with Gasteiger partial charge in [-0.1, -0.05) is 37.3 Å². The van der Waals surface area contributed by atoms with Gasteiger partial charge < -0.3 is 5.32 Å². The van der Waals surface area contributed by atoms with Gasteiger partial charge in [0.15, 0.2) is 5.82 Å². The van der Waals surface area contributed by atoms with Gasteiger partial charge in [0.1, 0.15) is 0 Å². The van der Waals surface area contributed by atoms with Crippen LogP contribution in [0.25, 0.3) is 0 Å². The van der Waals surface area contributed by atoms with Crippen LogP contribution in [0.3, 0.4) is 0 Å². The molecule has 21 heavy (non-hydrogen) atoms. The molecule has 3 rings (SSSR count). The predicted octanol–water partition coefficient (Wildman–Crippen LogP) is 1.92. The highest BCUT2D eigenvalue weighted by molar-refractivity contribution is 5.26. The van der Waals surface area contributed by atoms with E-state index in [1.807, 2.05) is 7.05 Å². The topological polar surface area (TPSA) is 55.6 Å². The Morgan fingerprint density at radius 3 is 2.81 bits per heavy atom. The number of hydrogen-bond acceptors (Lipinski definition) is 4. The minimum Gasteiger partial charge on any atom is -0.313 e. The van der Waals surface area contributed by atoms with Crippen LogP contribution in [0.2, 0.25) is 0 Å². The van der Waals surface area contributed by atoms with Gasteiger partial charge in [-0.05, 0) is 42.0 Å². The molecular formula is C16H23N5. The first kappa shape index (κ1) is 14.2. The van der Waals surface area contributed by atoms with E-state index < -0.39 is 0 Å². The maximum absolute atomic E-state index is 4.32. The molecule has 0 bridgehead atoms. The highest BCUT2D eigenvalue weighted by Crippen LogP contribution is 2.49. The number of aromatic nitrogens is 4. The van der Waals surface area contributed by atoms with E-state index >= 15 is 0 Å². The lowest BCUT2D eigenvalue weighted by Crippen LogP contribution is -2.34. The molecule has 2 aromatic rings. The summed E-state index contributed by atoms with van der Waals surface area (Å²) in [4.78, 5) is 1.54. The molecule has 112 valence electrons. The lowest BCUT2D eigenvalue weighted by atomic mass is 10.0. The molecule has 3 atom stereocenters. The molecule has 0 amide bonds. The van der Waals surface area contributed by atoms with Crippen LogP contribution < -0.4 is 5.32 Å². The zero-order valence-electron chi connectivity index (χ0n) is 12.7. The second-order valence-corrected chi connectivity index (χ2v) is 5.88. The van der Waals surface area contributed by atoms with Crippen molar-refractivity contribution >= 4 is 0 Å². The number of benzene rings is 1. The summed E-state index contributed by atoms with van der Waals surface area (Å²) in [5.41, 5.74) is 1.46. The van der Waals surface area contributed by atoms with Crippen molar-refractivity contribution in [2.75, 3.05) is 6.54 Å². The third kappa shape index (κ3) is 3.47. The molecule has 0 aliphatic heterocycles. The summed E-state index contributed by atoms with van der Waals surface area (Å²) < 4.78 is 0. The molecular weight excluding hydrogens is 262 g/mol. The van der Waals surface area contributed by atoms with Crippen LogP contribution >= 0.6 is 0 Å². The van der Waals surface area contributed by atoms with E-state index in [1.54, 1.807) is 0 Å². The van der Waals surface area contributed by atoms with E-state index in [4.69, 9.17) is 0 Å². The van der Waals surface area contributed by atoms with Crippen LogP contribution in [0.1, 0.15) is 37.1 Å². The molecule has 1 fully saturated rings. The van der Waals surface area contributed by atoms with Crippen molar-refractivity contribution in [3.63, 3.8) is 0 Å². The van der Waals surface area contributed by atoms with Gasteiger partial charge >= 0.3 is 0 Å². The molecule has 1 aromatic heterocycles. The van der Waals surface area contributed by atoms with Gasteiger partial charge in [-0.3, -0.25) is 0 Å². The van der Waals surface area contributed by atoms with Gasteiger partial charge in [0.05, 0.1) is 7.05 Å². The van der Waals surface area contributed by atoms with Gasteiger partial charge in [0, 0.05) is 12.5 Å². The summed E-state index contributed by atoms with van der Waals surface area (Å²) in [5, 5.41) is 16.1. The minimum atomic E-state index is 0.444. The standard InChI is InChI=1S/C16H23N5/c1-3-9-17-15(11-16-18-20-21(2)19-16)14-10-13(14)12-7-5-4-6-8-12/h4-8,13-15,17H,3,9-11H2,1-2H3. The molecule has 1 saturated carbocycles. The summed E-state index contributed by atoms with van der Waals surface area (Å²) in [5.74, 6) is 2.20. The van der Waals surface area contributed by atoms with Gasteiger partial charge in [-0.2, -0.15) is 4.80 Å². The highest BCUT2D eigenvalue weighted by atomic mass is 15.6. The van der Waals surface area contributed by atoms with Gasteiger partial charge in [-0.15, -0.1) is 10.2 Å². The fourth-order valence-corrected chi connectivity index (χ4v) is 3.05. The Kier molecular flexibility index (Phi) is 4.29.